The largest absolute Gasteiger partial charge is 0.462 e. The van der Waals surface area contributed by atoms with E-state index in [-0.39, 0.29) is 12.5 Å². The monoisotopic (exact) mass is 556 g/mol. The van der Waals surface area contributed by atoms with Gasteiger partial charge < -0.3 is 29.4 Å². The third kappa shape index (κ3) is 5.74. The Morgan fingerprint density at radius 2 is 1.85 bits per heavy atom. The Balaban J connectivity index is 1.28. The molecular weight excluding hydrogens is 516 g/mol. The van der Waals surface area contributed by atoms with Crippen molar-refractivity contribution in [2.45, 2.75) is 38.8 Å². The van der Waals surface area contributed by atoms with Crippen LogP contribution in [0.4, 0.5) is 11.5 Å². The quantitative estimate of drug-likeness (QED) is 0.445. The summed E-state index contributed by atoms with van der Waals surface area (Å²) in [5.74, 6) is 0.880. The standard InChI is InChI=1S/C32H40N6O3/c1-23-7-3-8-24-9-4-11-28(30(23)24)38-15-13-26-27(21-38)33-32(41-22-25-10-5-14-35(25)2)34-31(26)37-18-16-36(17-19-37)29(40)12-6-20-39/h3-4,6-9,11-12,25,39H,5,10,13-22H2,1-2H3/b12-6+/t25-/m1/s1. The molecule has 0 saturated carbocycles. The number of aromatic nitrogens is 2. The van der Waals surface area contributed by atoms with Gasteiger partial charge in [0, 0.05) is 61.5 Å². The minimum atomic E-state index is -0.131. The van der Waals surface area contributed by atoms with Crippen molar-refractivity contribution in [3.63, 3.8) is 0 Å². The molecule has 9 nitrogen and oxygen atoms in total. The van der Waals surface area contributed by atoms with Gasteiger partial charge in [-0.2, -0.15) is 9.97 Å². The van der Waals surface area contributed by atoms with Crippen molar-refractivity contribution in [1.29, 1.82) is 0 Å². The van der Waals surface area contributed by atoms with Gasteiger partial charge >= 0.3 is 6.01 Å². The number of amides is 1. The average Bonchev–Trinajstić information content (AvgIpc) is 3.42. The summed E-state index contributed by atoms with van der Waals surface area (Å²) < 4.78 is 6.29. The highest BCUT2D eigenvalue weighted by molar-refractivity contribution is 5.97. The van der Waals surface area contributed by atoms with Gasteiger partial charge in [-0.05, 0) is 56.8 Å². The lowest BCUT2D eigenvalue weighted by atomic mass is 9.99. The maximum absolute atomic E-state index is 12.5. The lowest BCUT2D eigenvalue weighted by Gasteiger charge is -2.38. The fourth-order valence-electron chi connectivity index (χ4n) is 6.45. The van der Waals surface area contributed by atoms with Crippen LogP contribution >= 0.6 is 0 Å². The van der Waals surface area contributed by atoms with Gasteiger partial charge in [0.05, 0.1) is 18.8 Å². The molecule has 1 aromatic heterocycles. The highest BCUT2D eigenvalue weighted by atomic mass is 16.5. The summed E-state index contributed by atoms with van der Waals surface area (Å²) in [6.07, 6.45) is 6.11. The highest BCUT2D eigenvalue weighted by Gasteiger charge is 2.30. The van der Waals surface area contributed by atoms with Crippen molar-refractivity contribution >= 4 is 28.2 Å². The average molecular weight is 557 g/mol. The van der Waals surface area contributed by atoms with Crippen LogP contribution in [-0.4, -0.2) is 96.4 Å². The van der Waals surface area contributed by atoms with Crippen LogP contribution in [0.2, 0.25) is 0 Å². The van der Waals surface area contributed by atoms with Crippen molar-refractivity contribution in [2.75, 3.05) is 69.3 Å². The Bertz CT molecular complexity index is 1430. The first-order valence-electron chi connectivity index (χ1n) is 14.8. The SMILES string of the molecule is Cc1cccc2cccc(N3CCc4c(nc(OC[C@H]5CCCN5C)nc4N4CCN(C(=O)/C=C/CO)CC4)C3)c12. The van der Waals surface area contributed by atoms with Crippen LogP contribution in [0.5, 0.6) is 6.01 Å². The van der Waals surface area contributed by atoms with Gasteiger partial charge in [-0.15, -0.1) is 0 Å². The first kappa shape index (κ1) is 27.5. The number of rotatable bonds is 7. The molecule has 3 aromatic rings. The predicted molar refractivity (Wildman–Crippen MR) is 162 cm³/mol. The fraction of sp³-hybridized carbons (Fsp3) is 0.469. The number of benzene rings is 2. The van der Waals surface area contributed by atoms with Gasteiger partial charge in [-0.3, -0.25) is 4.79 Å². The molecule has 1 atom stereocenters. The van der Waals surface area contributed by atoms with Crippen molar-refractivity contribution in [3.05, 3.63) is 65.4 Å². The van der Waals surface area contributed by atoms with Crippen LogP contribution < -0.4 is 14.5 Å². The number of hydrogen-bond donors (Lipinski definition) is 1. The molecule has 0 radical (unpaired) electrons. The molecular formula is C32H40N6O3. The molecule has 0 aliphatic carbocycles. The second kappa shape index (κ2) is 12.0. The molecule has 0 unspecified atom stereocenters. The van der Waals surface area contributed by atoms with E-state index in [0.29, 0.717) is 51.4 Å². The van der Waals surface area contributed by atoms with E-state index in [1.807, 2.05) is 4.90 Å². The van der Waals surface area contributed by atoms with Gasteiger partial charge in [0.15, 0.2) is 0 Å². The molecule has 0 spiro atoms. The molecule has 6 rings (SSSR count). The van der Waals surface area contributed by atoms with Gasteiger partial charge in [-0.1, -0.05) is 36.4 Å². The number of aliphatic hydroxyl groups is 1. The number of nitrogens with zero attached hydrogens (tertiary/aromatic N) is 6. The summed E-state index contributed by atoms with van der Waals surface area (Å²) >= 11 is 0. The molecule has 2 aromatic carbocycles. The molecule has 0 bridgehead atoms. The van der Waals surface area contributed by atoms with Crippen molar-refractivity contribution < 1.29 is 14.6 Å². The summed E-state index contributed by atoms with van der Waals surface area (Å²) in [6, 6.07) is 13.8. The van der Waals surface area contributed by atoms with Gasteiger partial charge in [0.2, 0.25) is 5.91 Å². The maximum Gasteiger partial charge on any atom is 0.318 e. The van der Waals surface area contributed by atoms with E-state index in [2.05, 4.69) is 65.1 Å². The minimum absolute atomic E-state index is 0.0610. The first-order valence-corrected chi connectivity index (χ1v) is 14.8. The van der Waals surface area contributed by atoms with Crippen molar-refractivity contribution in [2.24, 2.45) is 0 Å². The Morgan fingerprint density at radius 3 is 2.61 bits per heavy atom. The van der Waals surface area contributed by atoms with Crippen molar-refractivity contribution in [3.8, 4) is 6.01 Å². The zero-order chi connectivity index (χ0) is 28.3. The van der Waals surface area contributed by atoms with Gasteiger partial charge in [-0.25, -0.2) is 0 Å². The number of piperazine rings is 1. The summed E-state index contributed by atoms with van der Waals surface area (Å²) in [7, 11) is 2.15. The summed E-state index contributed by atoms with van der Waals surface area (Å²) in [4.78, 5) is 31.3. The fourth-order valence-corrected chi connectivity index (χ4v) is 6.45. The van der Waals surface area contributed by atoms with Crippen LogP contribution in [0.3, 0.4) is 0 Å². The third-order valence-electron chi connectivity index (χ3n) is 8.79. The second-order valence-electron chi connectivity index (χ2n) is 11.4. The van der Waals surface area contributed by atoms with E-state index in [9.17, 15) is 4.79 Å². The molecule has 1 N–H and O–H groups in total. The highest BCUT2D eigenvalue weighted by Crippen LogP contribution is 2.35. The number of fused-ring (bicyclic) bond motifs is 2. The van der Waals surface area contributed by atoms with Crippen molar-refractivity contribution in [1.82, 2.24) is 19.8 Å². The molecule has 2 saturated heterocycles. The van der Waals surface area contributed by atoms with Crippen LogP contribution in [0.15, 0.2) is 48.6 Å². The summed E-state index contributed by atoms with van der Waals surface area (Å²) in [6.45, 7) is 7.92. The predicted octanol–water partition coefficient (Wildman–Crippen LogP) is 3.17. The second-order valence-corrected chi connectivity index (χ2v) is 11.4. The number of hydrogen-bond acceptors (Lipinski definition) is 8. The van der Waals surface area contributed by atoms with Crippen LogP contribution in [0.25, 0.3) is 10.8 Å². The minimum Gasteiger partial charge on any atom is -0.462 e. The van der Waals surface area contributed by atoms with E-state index >= 15 is 0 Å². The zero-order valence-electron chi connectivity index (χ0n) is 24.1. The first-order chi connectivity index (χ1) is 20.0. The molecule has 4 heterocycles. The zero-order valence-corrected chi connectivity index (χ0v) is 24.1. The number of aliphatic hydroxyl groups excluding tert-OH is 1. The van der Waals surface area contributed by atoms with E-state index < -0.39 is 0 Å². The molecule has 9 heteroatoms. The van der Waals surface area contributed by atoms with E-state index in [1.54, 1.807) is 0 Å². The number of anilines is 2. The number of carbonyl (C=O) groups is 1. The maximum atomic E-state index is 12.5. The van der Waals surface area contributed by atoms with Crippen LogP contribution in [-0.2, 0) is 17.8 Å². The van der Waals surface area contributed by atoms with Crippen LogP contribution in [0, 0.1) is 6.92 Å². The van der Waals surface area contributed by atoms with E-state index in [1.165, 1.54) is 46.2 Å². The molecule has 216 valence electrons. The molecule has 2 fully saturated rings. The summed E-state index contributed by atoms with van der Waals surface area (Å²) in [5.41, 5.74) is 4.72. The van der Waals surface area contributed by atoms with E-state index in [0.717, 1.165) is 37.4 Å². The lowest BCUT2D eigenvalue weighted by molar-refractivity contribution is -0.126. The lowest BCUT2D eigenvalue weighted by Crippen LogP contribution is -2.49. The molecule has 41 heavy (non-hydrogen) atoms. The number of ether oxygens (including phenoxy) is 1. The van der Waals surface area contributed by atoms with Gasteiger partial charge in [0.1, 0.15) is 12.4 Å². The third-order valence-corrected chi connectivity index (χ3v) is 8.79. The number of aryl methyl sites for hydroxylation is 1. The Morgan fingerprint density at radius 1 is 1.05 bits per heavy atom. The summed E-state index contributed by atoms with van der Waals surface area (Å²) in [5, 5.41) is 11.6. The molecule has 3 aliphatic heterocycles. The van der Waals surface area contributed by atoms with Crippen LogP contribution in [0.1, 0.15) is 29.7 Å². The Kier molecular flexibility index (Phi) is 8.07. The topological polar surface area (TPSA) is 85.3 Å². The Labute approximate surface area is 242 Å². The Hall–Kier alpha value is -3.69. The number of carbonyl (C=O) groups excluding carboxylic acids is 1. The molecule has 3 aliphatic rings. The van der Waals surface area contributed by atoms with E-state index in [4.69, 9.17) is 19.8 Å². The smallest absolute Gasteiger partial charge is 0.318 e. The number of likely N-dealkylation sites (N-methyl/N-ethyl adjacent to an activating group) is 1. The molecule has 1 amide bonds. The normalized spacial score (nSPS) is 19.8. The number of likely N-dealkylation sites (tertiary alicyclic amines) is 1. The van der Waals surface area contributed by atoms with Gasteiger partial charge in [0.25, 0.3) is 0 Å².